The van der Waals surface area contributed by atoms with Crippen LogP contribution < -0.4 is 0 Å². The van der Waals surface area contributed by atoms with Crippen molar-refractivity contribution in [2.24, 2.45) is 0 Å². The molecule has 0 atom stereocenters. The fourth-order valence-electron chi connectivity index (χ4n) is 2.35. The summed E-state index contributed by atoms with van der Waals surface area (Å²) in [6.45, 7) is 7.64. The SMILES string of the molecule is C/C(=C/COCCN1CCOCC1)N(C)C(=O)c1ccccc1. The highest BCUT2D eigenvalue weighted by atomic mass is 16.5. The molecule has 1 fully saturated rings. The normalized spacial score (nSPS) is 16.3. The number of hydrogen-bond acceptors (Lipinski definition) is 4. The number of ether oxygens (including phenoxy) is 2. The molecular weight excluding hydrogens is 292 g/mol. The molecule has 2 rings (SSSR count). The molecule has 0 aromatic heterocycles. The van der Waals surface area contributed by atoms with Gasteiger partial charge in [-0.1, -0.05) is 18.2 Å². The van der Waals surface area contributed by atoms with E-state index in [1.807, 2.05) is 43.3 Å². The lowest BCUT2D eigenvalue weighted by molar-refractivity contribution is 0.0233. The van der Waals surface area contributed by atoms with Crippen molar-refractivity contribution in [3.05, 3.63) is 47.7 Å². The Hall–Kier alpha value is -1.69. The molecule has 23 heavy (non-hydrogen) atoms. The summed E-state index contributed by atoms with van der Waals surface area (Å²) < 4.78 is 11.0. The highest BCUT2D eigenvalue weighted by Crippen LogP contribution is 2.08. The summed E-state index contributed by atoms with van der Waals surface area (Å²) in [7, 11) is 1.79. The van der Waals surface area contributed by atoms with Crippen LogP contribution in [0.5, 0.6) is 0 Å². The highest BCUT2D eigenvalue weighted by molar-refractivity contribution is 5.95. The second-order valence-corrected chi connectivity index (χ2v) is 5.60. The van der Waals surface area contributed by atoms with Gasteiger partial charge in [-0.3, -0.25) is 9.69 Å². The van der Waals surface area contributed by atoms with Crippen LogP contribution in [0, 0.1) is 0 Å². The Morgan fingerprint density at radius 1 is 1.30 bits per heavy atom. The standard InChI is InChI=1S/C18H26N2O3/c1-16(19(2)18(21)17-6-4-3-5-7-17)8-12-22-13-9-20-10-14-23-15-11-20/h3-8H,9-15H2,1-2H3/b16-8-. The molecule has 1 heterocycles. The molecule has 0 N–H and O–H groups in total. The quantitative estimate of drug-likeness (QED) is 0.721. The molecule has 0 aliphatic carbocycles. The van der Waals surface area contributed by atoms with Crippen LogP contribution in [0.2, 0.25) is 0 Å². The summed E-state index contributed by atoms with van der Waals surface area (Å²) in [5.41, 5.74) is 1.58. The van der Waals surface area contributed by atoms with E-state index in [1.54, 1.807) is 11.9 Å². The van der Waals surface area contributed by atoms with E-state index in [1.165, 1.54) is 0 Å². The van der Waals surface area contributed by atoms with Crippen LogP contribution in [0.1, 0.15) is 17.3 Å². The lowest BCUT2D eigenvalue weighted by Gasteiger charge is -2.26. The molecule has 1 saturated heterocycles. The van der Waals surface area contributed by atoms with Crippen LogP contribution in [0.25, 0.3) is 0 Å². The van der Waals surface area contributed by atoms with Gasteiger partial charge in [0, 0.05) is 37.9 Å². The number of hydrogen-bond donors (Lipinski definition) is 0. The molecule has 1 aromatic rings. The fourth-order valence-corrected chi connectivity index (χ4v) is 2.35. The van der Waals surface area contributed by atoms with E-state index in [9.17, 15) is 4.79 Å². The predicted octanol–water partition coefficient (Wildman–Crippen LogP) is 2.01. The van der Waals surface area contributed by atoms with Crippen molar-refractivity contribution >= 4 is 5.91 Å². The smallest absolute Gasteiger partial charge is 0.257 e. The largest absolute Gasteiger partial charge is 0.379 e. The summed E-state index contributed by atoms with van der Waals surface area (Å²) in [6, 6.07) is 9.29. The fraction of sp³-hybridized carbons (Fsp3) is 0.500. The van der Waals surface area contributed by atoms with Gasteiger partial charge >= 0.3 is 0 Å². The van der Waals surface area contributed by atoms with Crippen molar-refractivity contribution < 1.29 is 14.3 Å². The van der Waals surface area contributed by atoms with Gasteiger partial charge in [0.1, 0.15) is 0 Å². The Bertz CT molecular complexity index is 510. The lowest BCUT2D eigenvalue weighted by atomic mass is 10.2. The van der Waals surface area contributed by atoms with E-state index in [0.29, 0.717) is 18.8 Å². The average Bonchev–Trinajstić information content (AvgIpc) is 2.61. The molecule has 0 unspecified atom stereocenters. The highest BCUT2D eigenvalue weighted by Gasteiger charge is 2.12. The molecule has 1 aliphatic heterocycles. The molecular formula is C18H26N2O3. The first-order valence-corrected chi connectivity index (χ1v) is 8.06. The van der Waals surface area contributed by atoms with Crippen molar-refractivity contribution in [3.63, 3.8) is 0 Å². The number of nitrogens with zero attached hydrogens (tertiary/aromatic N) is 2. The van der Waals surface area contributed by atoms with Crippen LogP contribution in [0.3, 0.4) is 0 Å². The van der Waals surface area contributed by atoms with Gasteiger partial charge in [-0.05, 0) is 25.1 Å². The number of amides is 1. The minimum absolute atomic E-state index is 0.00679. The summed E-state index contributed by atoms with van der Waals surface area (Å²) in [5.74, 6) is -0.00679. The van der Waals surface area contributed by atoms with E-state index in [0.717, 1.165) is 38.5 Å². The minimum Gasteiger partial charge on any atom is -0.379 e. The van der Waals surface area contributed by atoms with Gasteiger partial charge in [0.05, 0.1) is 26.4 Å². The van der Waals surface area contributed by atoms with Gasteiger partial charge in [0.25, 0.3) is 5.91 Å². The van der Waals surface area contributed by atoms with Crippen LogP contribution in [0.4, 0.5) is 0 Å². The lowest BCUT2D eigenvalue weighted by Crippen LogP contribution is -2.38. The second kappa shape index (κ2) is 9.45. The summed E-state index contributed by atoms with van der Waals surface area (Å²) in [6.07, 6.45) is 1.94. The maximum absolute atomic E-state index is 12.3. The first-order valence-electron chi connectivity index (χ1n) is 8.06. The maximum atomic E-state index is 12.3. The summed E-state index contributed by atoms with van der Waals surface area (Å²) in [4.78, 5) is 16.3. The summed E-state index contributed by atoms with van der Waals surface area (Å²) in [5, 5.41) is 0. The summed E-state index contributed by atoms with van der Waals surface area (Å²) >= 11 is 0. The number of carbonyl (C=O) groups excluding carboxylic acids is 1. The molecule has 1 aromatic carbocycles. The van der Waals surface area contributed by atoms with E-state index in [-0.39, 0.29) is 5.91 Å². The first-order chi connectivity index (χ1) is 11.2. The number of allylic oxidation sites excluding steroid dienone is 1. The van der Waals surface area contributed by atoms with E-state index in [2.05, 4.69) is 4.90 Å². The van der Waals surface area contributed by atoms with Gasteiger partial charge in [0.2, 0.25) is 0 Å². The maximum Gasteiger partial charge on any atom is 0.257 e. The minimum atomic E-state index is -0.00679. The molecule has 0 saturated carbocycles. The number of benzene rings is 1. The van der Waals surface area contributed by atoms with Crippen LogP contribution in [-0.4, -0.2) is 68.8 Å². The zero-order valence-corrected chi connectivity index (χ0v) is 14.0. The predicted molar refractivity (Wildman–Crippen MR) is 90.4 cm³/mol. The van der Waals surface area contributed by atoms with Crippen molar-refractivity contribution in [1.29, 1.82) is 0 Å². The Morgan fingerprint density at radius 3 is 2.70 bits per heavy atom. The molecule has 0 spiro atoms. The van der Waals surface area contributed by atoms with Crippen LogP contribution in [0.15, 0.2) is 42.1 Å². The van der Waals surface area contributed by atoms with E-state index >= 15 is 0 Å². The number of rotatable bonds is 7. The molecule has 5 heteroatoms. The van der Waals surface area contributed by atoms with Gasteiger partial charge in [-0.15, -0.1) is 0 Å². The monoisotopic (exact) mass is 318 g/mol. The zero-order valence-electron chi connectivity index (χ0n) is 14.0. The first kappa shape index (κ1) is 17.7. The van der Waals surface area contributed by atoms with E-state index < -0.39 is 0 Å². The third-order valence-electron chi connectivity index (χ3n) is 4.01. The molecule has 0 radical (unpaired) electrons. The van der Waals surface area contributed by atoms with Crippen molar-refractivity contribution in [3.8, 4) is 0 Å². The van der Waals surface area contributed by atoms with Gasteiger partial charge in [0.15, 0.2) is 0 Å². The van der Waals surface area contributed by atoms with E-state index in [4.69, 9.17) is 9.47 Å². The van der Waals surface area contributed by atoms with Crippen molar-refractivity contribution in [2.75, 3.05) is 53.1 Å². The Kier molecular flexibility index (Phi) is 7.26. The van der Waals surface area contributed by atoms with Crippen molar-refractivity contribution in [1.82, 2.24) is 9.80 Å². The zero-order chi connectivity index (χ0) is 16.5. The third kappa shape index (κ3) is 5.78. The Labute approximate surface area is 138 Å². The topological polar surface area (TPSA) is 42.0 Å². The number of morpholine rings is 1. The average molecular weight is 318 g/mol. The van der Waals surface area contributed by atoms with Crippen LogP contribution >= 0.6 is 0 Å². The molecule has 0 bridgehead atoms. The molecule has 1 amide bonds. The Balaban J connectivity index is 1.70. The Morgan fingerprint density at radius 2 is 2.00 bits per heavy atom. The van der Waals surface area contributed by atoms with Crippen LogP contribution in [-0.2, 0) is 9.47 Å². The number of carbonyl (C=O) groups is 1. The van der Waals surface area contributed by atoms with Gasteiger partial charge in [-0.2, -0.15) is 0 Å². The molecule has 5 nitrogen and oxygen atoms in total. The van der Waals surface area contributed by atoms with Gasteiger partial charge < -0.3 is 14.4 Å². The second-order valence-electron chi connectivity index (χ2n) is 5.60. The van der Waals surface area contributed by atoms with Gasteiger partial charge in [-0.25, -0.2) is 0 Å². The molecule has 126 valence electrons. The third-order valence-corrected chi connectivity index (χ3v) is 4.01. The van der Waals surface area contributed by atoms with Crippen molar-refractivity contribution in [2.45, 2.75) is 6.92 Å². The molecule has 1 aliphatic rings.